The summed E-state index contributed by atoms with van der Waals surface area (Å²) in [5.74, 6) is -1.10. The molecule has 2 N–H and O–H groups in total. The number of alkyl halides is 1. The number of halogens is 3. The summed E-state index contributed by atoms with van der Waals surface area (Å²) in [5, 5.41) is 7.36. The van der Waals surface area contributed by atoms with Crippen molar-refractivity contribution in [2.75, 3.05) is 18.6 Å². The van der Waals surface area contributed by atoms with E-state index in [0.29, 0.717) is 41.8 Å². The number of fused-ring (bicyclic) bond motifs is 1. The molecule has 2 aliphatic rings. The molecule has 2 atom stereocenters. The molecule has 0 saturated heterocycles. The molecule has 3 heterocycles. The van der Waals surface area contributed by atoms with Crippen molar-refractivity contribution in [2.24, 2.45) is 10.8 Å². The van der Waals surface area contributed by atoms with Crippen LogP contribution < -0.4 is 10.7 Å². The van der Waals surface area contributed by atoms with Gasteiger partial charge in [0, 0.05) is 17.0 Å². The summed E-state index contributed by atoms with van der Waals surface area (Å²) in [5.41, 5.74) is 7.28. The number of thioether (sulfide) groups is 1. The second-order valence-corrected chi connectivity index (χ2v) is 10.4. The van der Waals surface area contributed by atoms with Crippen LogP contribution in [-0.2, 0) is 11.4 Å². The van der Waals surface area contributed by atoms with E-state index in [1.165, 1.54) is 23.1 Å². The Balaban J connectivity index is 1.66. The number of benzene rings is 2. The third kappa shape index (κ3) is 3.84. The van der Waals surface area contributed by atoms with E-state index < -0.39 is 22.8 Å². The molecule has 0 saturated carbocycles. The van der Waals surface area contributed by atoms with Crippen LogP contribution in [0.3, 0.4) is 0 Å². The maximum atomic E-state index is 14.7. The maximum absolute atomic E-state index is 14.7. The number of hydrogen-bond acceptors (Lipinski definition) is 7. The number of nitrogens with zero attached hydrogens (tertiary/aromatic N) is 4. The normalized spacial score (nSPS) is 22.6. The van der Waals surface area contributed by atoms with Gasteiger partial charge in [0.2, 0.25) is 5.13 Å². The maximum Gasteiger partial charge on any atom is 0.208 e. The molecule has 0 aliphatic carbocycles. The number of thiazole rings is 1. The van der Waals surface area contributed by atoms with Crippen molar-refractivity contribution in [1.29, 1.82) is 0 Å². The van der Waals surface area contributed by atoms with Gasteiger partial charge >= 0.3 is 0 Å². The molecule has 2 aromatic carbocycles. The highest BCUT2D eigenvalue weighted by atomic mass is 32.2. The van der Waals surface area contributed by atoms with Gasteiger partial charge in [0.05, 0.1) is 0 Å². The van der Waals surface area contributed by atoms with Crippen LogP contribution in [0.4, 0.5) is 18.3 Å². The van der Waals surface area contributed by atoms with Crippen molar-refractivity contribution in [3.63, 3.8) is 0 Å². The van der Waals surface area contributed by atoms with Crippen LogP contribution in [0.1, 0.15) is 40.8 Å². The van der Waals surface area contributed by atoms with Gasteiger partial charge in [0.15, 0.2) is 6.30 Å². The molecule has 172 valence electrons. The summed E-state index contributed by atoms with van der Waals surface area (Å²) in [4.78, 5) is 6.26. The van der Waals surface area contributed by atoms with Crippen molar-refractivity contribution in [3.05, 3.63) is 81.9 Å². The average Bonchev–Trinajstić information content (AvgIpc) is 3.48. The zero-order chi connectivity index (χ0) is 23.2. The zero-order valence-corrected chi connectivity index (χ0v) is 19.5. The largest absolute Gasteiger partial charge is 0.330 e. The van der Waals surface area contributed by atoms with Crippen molar-refractivity contribution in [3.8, 4) is 0 Å². The molecule has 33 heavy (non-hydrogen) atoms. The Morgan fingerprint density at radius 1 is 1.18 bits per heavy atom. The third-order valence-electron chi connectivity index (χ3n) is 5.81. The van der Waals surface area contributed by atoms with Crippen molar-refractivity contribution in [1.82, 2.24) is 9.88 Å². The van der Waals surface area contributed by atoms with Gasteiger partial charge in [-0.25, -0.2) is 23.2 Å². The van der Waals surface area contributed by atoms with Crippen molar-refractivity contribution in [2.45, 2.75) is 30.6 Å². The average molecular weight is 490 g/mol. The van der Waals surface area contributed by atoms with Crippen LogP contribution >= 0.6 is 23.1 Å². The predicted molar refractivity (Wildman–Crippen MR) is 127 cm³/mol. The first-order valence-corrected chi connectivity index (χ1v) is 12.2. The summed E-state index contributed by atoms with van der Waals surface area (Å²) >= 11 is 2.72. The van der Waals surface area contributed by atoms with Gasteiger partial charge in [-0.05, 0) is 50.2 Å². The first-order valence-electron chi connectivity index (χ1n) is 10.6. The monoisotopic (exact) mass is 489 g/mol. The lowest BCUT2D eigenvalue weighted by molar-refractivity contribution is 0.125. The van der Waals surface area contributed by atoms with E-state index in [4.69, 9.17) is 10.8 Å². The van der Waals surface area contributed by atoms with Crippen LogP contribution in [0.25, 0.3) is 0 Å². The smallest absolute Gasteiger partial charge is 0.208 e. The highest BCUT2D eigenvalue weighted by Gasteiger charge is 2.48. The van der Waals surface area contributed by atoms with Gasteiger partial charge in [0.1, 0.15) is 27.2 Å². The van der Waals surface area contributed by atoms with Crippen LogP contribution in [-0.4, -0.2) is 28.5 Å². The number of aromatic nitrogens is 1. The molecule has 10 heteroatoms. The summed E-state index contributed by atoms with van der Waals surface area (Å²) < 4.78 is 43.4. The summed E-state index contributed by atoms with van der Waals surface area (Å²) in [6.07, 6.45) is -0.0166. The number of nitrogens with two attached hydrogens (primary N) is 1. The fourth-order valence-corrected chi connectivity index (χ4v) is 6.79. The molecule has 3 aromatic rings. The van der Waals surface area contributed by atoms with E-state index in [2.05, 4.69) is 4.98 Å². The van der Waals surface area contributed by atoms with Gasteiger partial charge in [-0.15, -0.1) is 0 Å². The zero-order valence-electron chi connectivity index (χ0n) is 17.8. The molecule has 1 aromatic heterocycles. The van der Waals surface area contributed by atoms with Gasteiger partial charge in [-0.3, -0.25) is 4.90 Å². The van der Waals surface area contributed by atoms with Crippen molar-refractivity contribution < 1.29 is 13.2 Å². The quantitative estimate of drug-likeness (QED) is 0.474. The molecule has 0 bridgehead atoms. The Labute approximate surface area is 198 Å². The van der Waals surface area contributed by atoms with Crippen LogP contribution in [0, 0.1) is 11.6 Å². The van der Waals surface area contributed by atoms with Crippen LogP contribution in [0.15, 0.2) is 53.6 Å². The van der Waals surface area contributed by atoms with E-state index >= 15 is 0 Å². The standard InChI is InChI=1S/C23H22F3N5S2/c1-30-13-18-19(20(30)26)28-22(32-18)31-23(10-5-11-27,14-6-3-2-4-7-14)33-21(29-31)16-12-15(24)8-9-17(16)25/h2-4,6-9,12,20H,5,10-11,13,27H2,1H3. The fourth-order valence-electron chi connectivity index (χ4n) is 4.14. The van der Waals surface area contributed by atoms with E-state index in [9.17, 15) is 13.2 Å². The van der Waals surface area contributed by atoms with Crippen LogP contribution in [0.2, 0.25) is 0 Å². The van der Waals surface area contributed by atoms with Gasteiger partial charge in [-0.2, -0.15) is 5.10 Å². The fraction of sp³-hybridized carbons (Fsp3) is 0.304. The minimum Gasteiger partial charge on any atom is -0.330 e. The van der Waals surface area contributed by atoms with E-state index in [1.807, 2.05) is 30.3 Å². The third-order valence-corrected chi connectivity index (χ3v) is 8.28. The number of hydrazone groups is 1. The van der Waals surface area contributed by atoms with Crippen LogP contribution in [0.5, 0.6) is 0 Å². The molecular weight excluding hydrogens is 467 g/mol. The molecular formula is C23H22F3N5S2. The Morgan fingerprint density at radius 3 is 2.70 bits per heavy atom. The summed E-state index contributed by atoms with van der Waals surface area (Å²) in [6, 6.07) is 13.0. The number of rotatable bonds is 6. The molecule has 2 aliphatic heterocycles. The molecule has 5 rings (SSSR count). The van der Waals surface area contributed by atoms with Crippen molar-refractivity contribution >= 4 is 33.3 Å². The topological polar surface area (TPSA) is 57.8 Å². The lowest BCUT2D eigenvalue weighted by Crippen LogP contribution is -2.38. The lowest BCUT2D eigenvalue weighted by atomic mass is 10.0. The number of anilines is 1. The minimum absolute atomic E-state index is 0.0859. The minimum atomic E-state index is -1.28. The highest BCUT2D eigenvalue weighted by Crippen LogP contribution is 2.54. The first-order chi connectivity index (χ1) is 15.9. The Morgan fingerprint density at radius 2 is 1.97 bits per heavy atom. The lowest BCUT2D eigenvalue weighted by Gasteiger charge is -2.35. The second kappa shape index (κ2) is 8.75. The second-order valence-electron chi connectivity index (χ2n) is 8.04. The molecule has 0 radical (unpaired) electrons. The first kappa shape index (κ1) is 22.4. The molecule has 5 nitrogen and oxygen atoms in total. The van der Waals surface area contributed by atoms with Gasteiger partial charge in [-0.1, -0.05) is 53.4 Å². The van der Waals surface area contributed by atoms with E-state index in [-0.39, 0.29) is 5.56 Å². The predicted octanol–water partition coefficient (Wildman–Crippen LogP) is 5.34. The summed E-state index contributed by atoms with van der Waals surface area (Å²) in [7, 11) is 1.71. The van der Waals surface area contributed by atoms with Gasteiger partial charge in [0.25, 0.3) is 0 Å². The molecule has 0 spiro atoms. The SMILES string of the molecule is CN1Cc2sc(N3N=C(c4cc(F)ccc4F)SC3(CCCN)c3ccccc3)nc2C1F. The highest BCUT2D eigenvalue weighted by molar-refractivity contribution is 8.15. The Hall–Kier alpha value is -2.40. The Bertz CT molecular complexity index is 1200. The Kier molecular flexibility index (Phi) is 5.94. The van der Waals surface area contributed by atoms with Gasteiger partial charge < -0.3 is 5.73 Å². The molecule has 0 fully saturated rings. The van der Waals surface area contributed by atoms with E-state index in [1.54, 1.807) is 17.0 Å². The number of hydrogen-bond donors (Lipinski definition) is 1. The molecule has 0 amide bonds. The summed E-state index contributed by atoms with van der Waals surface area (Å²) in [6.45, 7) is 0.920. The molecule has 2 unspecified atom stereocenters. The van der Waals surface area contributed by atoms with E-state index in [0.717, 1.165) is 28.6 Å².